The Labute approximate surface area is 170 Å². The summed E-state index contributed by atoms with van der Waals surface area (Å²) < 4.78 is 27.6. The SMILES string of the molecule is CC(=O)Nc1ccc(C(=O)N2CCN(S(=O)(=O)c3cccc(Br)c3)CC2)s1. The maximum atomic E-state index is 12.8. The van der Waals surface area contributed by atoms with Gasteiger partial charge in [-0.25, -0.2) is 8.42 Å². The first kappa shape index (κ1) is 20.0. The second-order valence-electron chi connectivity index (χ2n) is 6.00. The van der Waals surface area contributed by atoms with E-state index in [2.05, 4.69) is 21.2 Å². The minimum absolute atomic E-state index is 0.156. The number of benzene rings is 1. The van der Waals surface area contributed by atoms with E-state index in [0.29, 0.717) is 27.4 Å². The van der Waals surface area contributed by atoms with Crippen LogP contribution in [0.2, 0.25) is 0 Å². The highest BCUT2D eigenvalue weighted by atomic mass is 79.9. The van der Waals surface area contributed by atoms with Crippen LogP contribution in [-0.2, 0) is 14.8 Å². The van der Waals surface area contributed by atoms with E-state index in [4.69, 9.17) is 0 Å². The molecule has 0 bridgehead atoms. The van der Waals surface area contributed by atoms with Crippen molar-refractivity contribution in [2.75, 3.05) is 31.5 Å². The van der Waals surface area contributed by atoms with Gasteiger partial charge in [0, 0.05) is 37.6 Å². The number of piperazine rings is 1. The van der Waals surface area contributed by atoms with Crippen LogP contribution in [0.15, 0.2) is 45.8 Å². The molecule has 144 valence electrons. The number of nitrogens with zero attached hydrogens (tertiary/aromatic N) is 2. The Morgan fingerprint density at radius 3 is 2.44 bits per heavy atom. The van der Waals surface area contributed by atoms with Gasteiger partial charge in [0.2, 0.25) is 15.9 Å². The normalized spacial score (nSPS) is 15.6. The average molecular weight is 472 g/mol. The molecule has 1 aliphatic rings. The molecular weight excluding hydrogens is 454 g/mol. The number of nitrogens with one attached hydrogen (secondary N) is 1. The number of amides is 2. The van der Waals surface area contributed by atoms with Crippen LogP contribution in [0.25, 0.3) is 0 Å². The molecule has 0 aliphatic carbocycles. The van der Waals surface area contributed by atoms with E-state index in [1.54, 1.807) is 41.3 Å². The second kappa shape index (κ2) is 8.09. The molecule has 1 fully saturated rings. The van der Waals surface area contributed by atoms with Crippen molar-refractivity contribution < 1.29 is 18.0 Å². The van der Waals surface area contributed by atoms with E-state index in [0.717, 1.165) is 0 Å². The molecule has 2 aromatic rings. The molecule has 27 heavy (non-hydrogen) atoms. The van der Waals surface area contributed by atoms with Crippen molar-refractivity contribution in [3.63, 3.8) is 0 Å². The van der Waals surface area contributed by atoms with Crippen LogP contribution in [-0.4, -0.2) is 55.6 Å². The molecule has 1 aromatic carbocycles. The summed E-state index contributed by atoms with van der Waals surface area (Å²) >= 11 is 4.50. The van der Waals surface area contributed by atoms with Gasteiger partial charge in [-0.2, -0.15) is 4.31 Å². The van der Waals surface area contributed by atoms with Gasteiger partial charge in [-0.3, -0.25) is 9.59 Å². The van der Waals surface area contributed by atoms with Crippen molar-refractivity contribution in [1.29, 1.82) is 0 Å². The first-order valence-corrected chi connectivity index (χ1v) is 11.2. The van der Waals surface area contributed by atoms with Gasteiger partial charge in [-0.1, -0.05) is 22.0 Å². The van der Waals surface area contributed by atoms with Crippen LogP contribution >= 0.6 is 27.3 Å². The topological polar surface area (TPSA) is 86.8 Å². The molecule has 10 heteroatoms. The van der Waals surface area contributed by atoms with Gasteiger partial charge in [0.1, 0.15) is 0 Å². The van der Waals surface area contributed by atoms with Crippen LogP contribution in [0.5, 0.6) is 0 Å². The largest absolute Gasteiger partial charge is 0.335 e. The van der Waals surface area contributed by atoms with E-state index < -0.39 is 10.0 Å². The van der Waals surface area contributed by atoms with Crippen molar-refractivity contribution >= 4 is 54.1 Å². The summed E-state index contributed by atoms with van der Waals surface area (Å²) in [5.41, 5.74) is 0. The maximum absolute atomic E-state index is 12.8. The molecule has 3 rings (SSSR count). The number of hydrogen-bond donors (Lipinski definition) is 1. The second-order valence-corrected chi connectivity index (χ2v) is 9.94. The third kappa shape index (κ3) is 4.57. The monoisotopic (exact) mass is 471 g/mol. The van der Waals surface area contributed by atoms with E-state index in [9.17, 15) is 18.0 Å². The minimum Gasteiger partial charge on any atom is -0.335 e. The van der Waals surface area contributed by atoms with E-state index >= 15 is 0 Å². The standard InChI is InChI=1S/C17H18BrN3O4S2/c1-12(22)19-16-6-5-15(26-16)17(23)20-7-9-21(10-8-20)27(24,25)14-4-2-3-13(18)11-14/h2-6,11H,7-10H2,1H3,(H,19,22). The number of rotatable bonds is 4. The lowest BCUT2D eigenvalue weighted by Gasteiger charge is -2.33. The molecule has 0 saturated carbocycles. The fraction of sp³-hybridized carbons (Fsp3) is 0.294. The molecule has 0 radical (unpaired) electrons. The first-order chi connectivity index (χ1) is 12.8. The molecule has 7 nitrogen and oxygen atoms in total. The first-order valence-electron chi connectivity index (χ1n) is 8.20. The van der Waals surface area contributed by atoms with E-state index in [-0.39, 0.29) is 29.8 Å². The van der Waals surface area contributed by atoms with Crippen LogP contribution in [0.3, 0.4) is 0 Å². The summed E-state index contributed by atoms with van der Waals surface area (Å²) in [4.78, 5) is 26.1. The highest BCUT2D eigenvalue weighted by Gasteiger charge is 2.30. The van der Waals surface area contributed by atoms with Gasteiger partial charge in [0.05, 0.1) is 14.8 Å². The highest BCUT2D eigenvalue weighted by Crippen LogP contribution is 2.25. The molecule has 1 N–H and O–H groups in total. The summed E-state index contributed by atoms with van der Waals surface area (Å²) in [6.45, 7) is 2.53. The molecule has 0 unspecified atom stereocenters. The van der Waals surface area contributed by atoms with E-state index in [1.807, 2.05) is 0 Å². The molecule has 1 aromatic heterocycles. The molecule has 1 saturated heterocycles. The molecule has 2 amide bonds. The van der Waals surface area contributed by atoms with Gasteiger partial charge in [-0.05, 0) is 30.3 Å². The summed E-state index contributed by atoms with van der Waals surface area (Å²) in [5.74, 6) is -0.349. The predicted octanol–water partition coefficient (Wildman–Crippen LogP) is 2.62. The van der Waals surface area contributed by atoms with Crippen molar-refractivity contribution in [1.82, 2.24) is 9.21 Å². The number of carbonyl (C=O) groups excluding carboxylic acids is 2. The molecule has 0 spiro atoms. The Balaban J connectivity index is 1.65. The van der Waals surface area contributed by atoms with Crippen LogP contribution in [0.1, 0.15) is 16.6 Å². The van der Waals surface area contributed by atoms with Crippen LogP contribution in [0, 0.1) is 0 Å². The van der Waals surface area contributed by atoms with Crippen molar-refractivity contribution in [3.8, 4) is 0 Å². The summed E-state index contributed by atoms with van der Waals surface area (Å²) in [7, 11) is -3.59. The number of halogens is 1. The zero-order chi connectivity index (χ0) is 19.6. The molecule has 1 aliphatic heterocycles. The van der Waals surface area contributed by atoms with Crippen LogP contribution in [0.4, 0.5) is 5.00 Å². The number of thiophene rings is 1. The quantitative estimate of drug-likeness (QED) is 0.742. The lowest BCUT2D eigenvalue weighted by molar-refractivity contribution is -0.114. The fourth-order valence-electron chi connectivity index (χ4n) is 2.76. The Hall–Kier alpha value is -1.75. The molecular formula is C17H18BrN3O4S2. The number of sulfonamides is 1. The van der Waals surface area contributed by atoms with Gasteiger partial charge < -0.3 is 10.2 Å². The highest BCUT2D eigenvalue weighted by molar-refractivity contribution is 9.10. The number of hydrogen-bond acceptors (Lipinski definition) is 5. The number of anilines is 1. The smallest absolute Gasteiger partial charge is 0.264 e. The van der Waals surface area contributed by atoms with E-state index in [1.165, 1.54) is 22.6 Å². The third-order valence-electron chi connectivity index (χ3n) is 4.08. The fourth-order valence-corrected chi connectivity index (χ4v) is 5.70. The summed E-state index contributed by atoms with van der Waals surface area (Å²) in [6, 6.07) is 9.94. The average Bonchev–Trinajstić information content (AvgIpc) is 3.09. The third-order valence-corrected chi connectivity index (χ3v) is 7.45. The number of carbonyl (C=O) groups is 2. The Bertz CT molecular complexity index is 966. The molecule has 0 atom stereocenters. The van der Waals surface area contributed by atoms with Gasteiger partial charge >= 0.3 is 0 Å². The minimum atomic E-state index is -3.59. The maximum Gasteiger partial charge on any atom is 0.264 e. The summed E-state index contributed by atoms with van der Waals surface area (Å²) in [5, 5.41) is 3.26. The Morgan fingerprint density at radius 1 is 1.11 bits per heavy atom. The lowest BCUT2D eigenvalue weighted by atomic mass is 10.3. The van der Waals surface area contributed by atoms with Gasteiger partial charge in [-0.15, -0.1) is 11.3 Å². The Morgan fingerprint density at radius 2 is 1.81 bits per heavy atom. The Kier molecular flexibility index (Phi) is 5.99. The zero-order valence-corrected chi connectivity index (χ0v) is 17.7. The zero-order valence-electron chi connectivity index (χ0n) is 14.5. The van der Waals surface area contributed by atoms with Gasteiger partial charge in [0.15, 0.2) is 0 Å². The van der Waals surface area contributed by atoms with Crippen LogP contribution < -0.4 is 5.32 Å². The molecule has 2 heterocycles. The summed E-state index contributed by atoms with van der Waals surface area (Å²) in [6.07, 6.45) is 0. The van der Waals surface area contributed by atoms with Gasteiger partial charge in [0.25, 0.3) is 5.91 Å². The van der Waals surface area contributed by atoms with Crippen molar-refractivity contribution in [3.05, 3.63) is 45.7 Å². The van der Waals surface area contributed by atoms with Crippen molar-refractivity contribution in [2.24, 2.45) is 0 Å². The lowest BCUT2D eigenvalue weighted by Crippen LogP contribution is -2.50. The van der Waals surface area contributed by atoms with Crippen molar-refractivity contribution in [2.45, 2.75) is 11.8 Å². The predicted molar refractivity (Wildman–Crippen MR) is 107 cm³/mol.